The summed E-state index contributed by atoms with van der Waals surface area (Å²) in [6.07, 6.45) is -4.27. The van der Waals surface area contributed by atoms with Crippen LogP contribution in [-0.2, 0) is 0 Å². The van der Waals surface area contributed by atoms with Crippen LogP contribution in [0.3, 0.4) is 0 Å². The topological polar surface area (TPSA) is 35.2 Å². The van der Waals surface area contributed by atoms with Gasteiger partial charge < -0.3 is 10.5 Å². The summed E-state index contributed by atoms with van der Waals surface area (Å²) in [7, 11) is 0. The van der Waals surface area contributed by atoms with Crippen LogP contribution in [0.5, 0.6) is 5.75 Å². The highest BCUT2D eigenvalue weighted by Gasteiger charge is 2.27. The van der Waals surface area contributed by atoms with Gasteiger partial charge in [0, 0.05) is 12.5 Å². The maximum atomic E-state index is 12.1. The molecule has 1 aromatic carbocycles. The smallest absolute Gasteiger partial charge is 0.389 e. The summed E-state index contributed by atoms with van der Waals surface area (Å²) < 4.78 is 42.6. The highest BCUT2D eigenvalue weighted by molar-refractivity contribution is 9.10. The van der Waals surface area contributed by atoms with Gasteiger partial charge in [0.25, 0.3) is 0 Å². The van der Waals surface area contributed by atoms with Crippen LogP contribution in [0, 0.1) is 0 Å². The fourth-order valence-electron chi connectivity index (χ4n) is 1.56. The SMILES string of the molecule is CCCOc1ccc(C(N)CCC(F)(F)F)cc1Br. The van der Waals surface area contributed by atoms with Gasteiger partial charge in [-0.1, -0.05) is 13.0 Å². The number of alkyl halides is 3. The molecule has 0 radical (unpaired) electrons. The zero-order valence-corrected chi connectivity index (χ0v) is 12.2. The molecule has 2 N–H and O–H groups in total. The number of rotatable bonds is 6. The highest BCUT2D eigenvalue weighted by atomic mass is 79.9. The number of halogens is 4. The van der Waals surface area contributed by atoms with Crippen molar-refractivity contribution in [1.82, 2.24) is 0 Å². The first-order valence-corrected chi connectivity index (χ1v) is 6.87. The van der Waals surface area contributed by atoms with E-state index in [4.69, 9.17) is 10.5 Å². The van der Waals surface area contributed by atoms with E-state index < -0.39 is 18.6 Å². The van der Waals surface area contributed by atoms with Crippen LogP contribution in [0.4, 0.5) is 13.2 Å². The summed E-state index contributed by atoms with van der Waals surface area (Å²) in [6, 6.07) is 4.52. The molecule has 0 fully saturated rings. The van der Waals surface area contributed by atoms with Gasteiger partial charge in [0.2, 0.25) is 0 Å². The third kappa shape index (κ3) is 5.82. The minimum absolute atomic E-state index is 0.120. The molecule has 0 amide bonds. The molecule has 0 aliphatic heterocycles. The molecule has 0 saturated heterocycles. The van der Waals surface area contributed by atoms with Gasteiger partial charge in [-0.2, -0.15) is 13.2 Å². The fraction of sp³-hybridized carbons (Fsp3) is 0.538. The Morgan fingerprint density at radius 3 is 2.58 bits per heavy atom. The molecular formula is C13H17BrF3NO. The molecule has 1 rings (SSSR count). The number of ether oxygens (including phenoxy) is 1. The van der Waals surface area contributed by atoms with E-state index in [0.717, 1.165) is 6.42 Å². The summed E-state index contributed by atoms with van der Waals surface area (Å²) in [5.74, 6) is 0.675. The Morgan fingerprint density at radius 1 is 1.37 bits per heavy atom. The van der Waals surface area contributed by atoms with Crippen molar-refractivity contribution in [1.29, 1.82) is 0 Å². The van der Waals surface area contributed by atoms with Gasteiger partial charge in [0.05, 0.1) is 11.1 Å². The van der Waals surface area contributed by atoms with Crippen LogP contribution in [0.1, 0.15) is 37.8 Å². The van der Waals surface area contributed by atoms with Crippen LogP contribution in [-0.4, -0.2) is 12.8 Å². The predicted molar refractivity (Wildman–Crippen MR) is 72.1 cm³/mol. The van der Waals surface area contributed by atoms with Crippen LogP contribution in [0.15, 0.2) is 22.7 Å². The largest absolute Gasteiger partial charge is 0.492 e. The number of benzene rings is 1. The summed E-state index contributed by atoms with van der Waals surface area (Å²) >= 11 is 3.33. The molecule has 0 bridgehead atoms. The molecule has 0 aliphatic rings. The van der Waals surface area contributed by atoms with E-state index in [-0.39, 0.29) is 6.42 Å². The molecule has 2 nitrogen and oxygen atoms in total. The summed E-state index contributed by atoms with van der Waals surface area (Å²) in [4.78, 5) is 0. The normalized spacial score (nSPS) is 13.4. The Hall–Kier alpha value is -0.750. The highest BCUT2D eigenvalue weighted by Crippen LogP contribution is 2.31. The monoisotopic (exact) mass is 339 g/mol. The molecule has 0 spiro atoms. The van der Waals surface area contributed by atoms with Crippen molar-refractivity contribution in [3.8, 4) is 5.75 Å². The summed E-state index contributed by atoms with van der Waals surface area (Å²) in [5.41, 5.74) is 6.43. The molecule has 108 valence electrons. The minimum Gasteiger partial charge on any atom is -0.492 e. The zero-order chi connectivity index (χ0) is 14.5. The summed E-state index contributed by atoms with van der Waals surface area (Å²) in [5, 5.41) is 0. The van der Waals surface area contributed by atoms with Crippen molar-refractivity contribution >= 4 is 15.9 Å². The molecule has 1 unspecified atom stereocenters. The molecule has 0 saturated carbocycles. The van der Waals surface area contributed by atoms with Crippen LogP contribution < -0.4 is 10.5 Å². The second kappa shape index (κ2) is 7.14. The van der Waals surface area contributed by atoms with Gasteiger partial charge in [-0.05, 0) is 46.5 Å². The Balaban J connectivity index is 2.66. The first-order valence-electron chi connectivity index (χ1n) is 6.08. The third-order valence-electron chi connectivity index (χ3n) is 2.58. The van der Waals surface area contributed by atoms with E-state index in [1.807, 2.05) is 6.92 Å². The van der Waals surface area contributed by atoms with E-state index in [0.29, 0.717) is 22.4 Å². The van der Waals surface area contributed by atoms with E-state index in [9.17, 15) is 13.2 Å². The molecule has 0 aliphatic carbocycles. The lowest BCUT2D eigenvalue weighted by atomic mass is 10.0. The van der Waals surface area contributed by atoms with Crippen LogP contribution in [0.2, 0.25) is 0 Å². The third-order valence-corrected chi connectivity index (χ3v) is 3.20. The van der Waals surface area contributed by atoms with Crippen molar-refractivity contribution in [2.75, 3.05) is 6.61 Å². The average molecular weight is 340 g/mol. The minimum atomic E-state index is -4.17. The van der Waals surface area contributed by atoms with Crippen molar-refractivity contribution in [2.45, 2.75) is 38.4 Å². The van der Waals surface area contributed by atoms with Crippen molar-refractivity contribution in [3.05, 3.63) is 28.2 Å². The van der Waals surface area contributed by atoms with E-state index >= 15 is 0 Å². The standard InChI is InChI=1S/C13H17BrF3NO/c1-2-7-19-12-4-3-9(8-10(12)14)11(18)5-6-13(15,16)17/h3-4,8,11H,2,5-7,18H2,1H3. The number of hydrogen-bond donors (Lipinski definition) is 1. The molecule has 1 atom stereocenters. The van der Waals surface area contributed by atoms with Crippen molar-refractivity contribution in [2.24, 2.45) is 5.73 Å². The van der Waals surface area contributed by atoms with Gasteiger partial charge in [-0.15, -0.1) is 0 Å². The summed E-state index contributed by atoms with van der Waals surface area (Å²) in [6.45, 7) is 2.59. The lowest BCUT2D eigenvalue weighted by Gasteiger charge is -2.15. The number of hydrogen-bond acceptors (Lipinski definition) is 2. The molecule has 0 aromatic heterocycles. The lowest BCUT2D eigenvalue weighted by molar-refractivity contribution is -0.136. The first-order chi connectivity index (χ1) is 8.83. The zero-order valence-electron chi connectivity index (χ0n) is 10.6. The van der Waals surface area contributed by atoms with Gasteiger partial charge in [-0.3, -0.25) is 0 Å². The Morgan fingerprint density at radius 2 is 2.05 bits per heavy atom. The van der Waals surface area contributed by atoms with Crippen LogP contribution in [0.25, 0.3) is 0 Å². The average Bonchev–Trinajstić information content (AvgIpc) is 2.33. The second-order valence-electron chi connectivity index (χ2n) is 4.30. The van der Waals surface area contributed by atoms with Crippen LogP contribution >= 0.6 is 15.9 Å². The molecule has 19 heavy (non-hydrogen) atoms. The quantitative estimate of drug-likeness (QED) is 0.823. The van der Waals surface area contributed by atoms with Crippen molar-refractivity contribution in [3.63, 3.8) is 0 Å². The first kappa shape index (κ1) is 16.3. The van der Waals surface area contributed by atoms with E-state index in [2.05, 4.69) is 15.9 Å². The molecular weight excluding hydrogens is 323 g/mol. The fourth-order valence-corrected chi connectivity index (χ4v) is 2.07. The molecule has 0 heterocycles. The Labute approximate surface area is 119 Å². The second-order valence-corrected chi connectivity index (χ2v) is 5.15. The maximum absolute atomic E-state index is 12.1. The molecule has 6 heteroatoms. The van der Waals surface area contributed by atoms with Gasteiger partial charge in [0.1, 0.15) is 5.75 Å². The van der Waals surface area contributed by atoms with Crippen molar-refractivity contribution < 1.29 is 17.9 Å². The lowest BCUT2D eigenvalue weighted by Crippen LogP contribution is -2.15. The van der Waals surface area contributed by atoms with E-state index in [1.165, 1.54) is 0 Å². The van der Waals surface area contributed by atoms with Gasteiger partial charge in [-0.25, -0.2) is 0 Å². The van der Waals surface area contributed by atoms with Gasteiger partial charge >= 0.3 is 6.18 Å². The van der Waals surface area contributed by atoms with E-state index in [1.54, 1.807) is 18.2 Å². The van der Waals surface area contributed by atoms with Gasteiger partial charge in [0.15, 0.2) is 0 Å². The molecule has 1 aromatic rings. The Kier molecular flexibility index (Phi) is 6.13. The predicted octanol–water partition coefficient (Wildman–Crippen LogP) is 4.58. The maximum Gasteiger partial charge on any atom is 0.389 e. The number of nitrogens with two attached hydrogens (primary N) is 1. The Bertz CT molecular complexity index is 409.